The fourth-order valence-electron chi connectivity index (χ4n) is 0.322. The first-order valence-corrected chi connectivity index (χ1v) is 3.85. The minimum Gasteiger partial charge on any atom is -0.481 e. The van der Waals surface area contributed by atoms with E-state index in [1.807, 2.05) is 0 Å². The molecule has 2 N–H and O–H groups in total. The van der Waals surface area contributed by atoms with E-state index in [0.29, 0.717) is 6.42 Å². The lowest BCUT2D eigenvalue weighted by atomic mass is 10.2. The van der Waals surface area contributed by atoms with Crippen LogP contribution in [0.15, 0.2) is 0 Å². The maximum absolute atomic E-state index is 9.85. The topological polar surface area (TPSA) is 74.6 Å². The fourth-order valence-corrected chi connectivity index (χ4v) is 0.431. The highest BCUT2D eigenvalue weighted by molar-refractivity contribution is 6.20. The molecule has 0 spiro atoms. The summed E-state index contributed by atoms with van der Waals surface area (Å²) in [6.45, 7) is 2.87. The molecule has 0 amide bonds. The van der Waals surface area contributed by atoms with Crippen molar-refractivity contribution in [1.82, 2.24) is 0 Å². The first kappa shape index (κ1) is 13.8. The highest BCUT2D eigenvalue weighted by Crippen LogP contribution is 2.02. The molecule has 0 saturated heterocycles. The highest BCUT2D eigenvalue weighted by Gasteiger charge is 1.99. The molecule has 4 nitrogen and oxygen atoms in total. The van der Waals surface area contributed by atoms with E-state index in [0.717, 1.165) is 6.92 Å². The smallest absolute Gasteiger partial charge is 0.303 e. The van der Waals surface area contributed by atoms with Gasteiger partial charge in [0, 0.05) is 18.7 Å². The zero-order chi connectivity index (χ0) is 10.1. The summed E-state index contributed by atoms with van der Waals surface area (Å²) in [7, 11) is 0. The van der Waals surface area contributed by atoms with Gasteiger partial charge in [-0.05, 0) is 13.3 Å². The van der Waals surface area contributed by atoms with Crippen LogP contribution in [0.4, 0.5) is 0 Å². The van der Waals surface area contributed by atoms with Gasteiger partial charge in [-0.15, -0.1) is 11.6 Å². The van der Waals surface area contributed by atoms with Gasteiger partial charge in [0.1, 0.15) is 0 Å². The summed E-state index contributed by atoms with van der Waals surface area (Å²) >= 11 is 5.46. The number of alkyl halides is 1. The zero-order valence-corrected chi connectivity index (χ0v) is 7.84. The number of carbonyl (C=O) groups is 2. The molecule has 72 valence electrons. The molecule has 0 aromatic heterocycles. The van der Waals surface area contributed by atoms with E-state index in [9.17, 15) is 4.79 Å². The van der Waals surface area contributed by atoms with Crippen molar-refractivity contribution in [2.75, 3.05) is 0 Å². The van der Waals surface area contributed by atoms with E-state index >= 15 is 0 Å². The van der Waals surface area contributed by atoms with Crippen LogP contribution >= 0.6 is 11.6 Å². The van der Waals surface area contributed by atoms with Gasteiger partial charge in [0.25, 0.3) is 5.97 Å². The molecule has 0 heterocycles. The summed E-state index contributed by atoms with van der Waals surface area (Å²) < 4.78 is 0. The third-order valence-electron chi connectivity index (χ3n) is 0.756. The zero-order valence-electron chi connectivity index (χ0n) is 7.08. The Labute approximate surface area is 76.1 Å². The van der Waals surface area contributed by atoms with Gasteiger partial charge in [-0.3, -0.25) is 9.59 Å². The molecule has 0 aromatic rings. The molecule has 0 bridgehead atoms. The Morgan fingerprint density at radius 2 is 1.75 bits per heavy atom. The van der Waals surface area contributed by atoms with E-state index < -0.39 is 11.9 Å². The van der Waals surface area contributed by atoms with Gasteiger partial charge >= 0.3 is 5.97 Å². The summed E-state index contributed by atoms with van der Waals surface area (Å²) in [5.74, 6) is -1.61. The van der Waals surface area contributed by atoms with Crippen LogP contribution in [0, 0.1) is 0 Å². The van der Waals surface area contributed by atoms with Crippen LogP contribution < -0.4 is 0 Å². The molecule has 1 atom stereocenters. The van der Waals surface area contributed by atoms with Crippen molar-refractivity contribution in [2.45, 2.75) is 32.1 Å². The largest absolute Gasteiger partial charge is 0.481 e. The van der Waals surface area contributed by atoms with Crippen molar-refractivity contribution in [3.8, 4) is 0 Å². The molecule has 0 aromatic carbocycles. The molecule has 0 fully saturated rings. The summed E-state index contributed by atoms with van der Waals surface area (Å²) in [5, 5.41) is 15.5. The average molecular weight is 197 g/mol. The van der Waals surface area contributed by atoms with Crippen LogP contribution in [0.1, 0.15) is 26.7 Å². The van der Waals surface area contributed by atoms with Crippen molar-refractivity contribution >= 4 is 23.5 Å². The third-order valence-corrected chi connectivity index (χ3v) is 0.974. The van der Waals surface area contributed by atoms with Crippen molar-refractivity contribution in [3.63, 3.8) is 0 Å². The van der Waals surface area contributed by atoms with Crippen LogP contribution in [-0.4, -0.2) is 27.5 Å². The van der Waals surface area contributed by atoms with E-state index in [1.54, 1.807) is 6.92 Å². The Bertz CT molecular complexity index is 140. The number of carboxylic acid groups (broad SMARTS) is 2. The quantitative estimate of drug-likeness (QED) is 0.672. The second-order valence-electron chi connectivity index (χ2n) is 2.23. The maximum atomic E-state index is 9.85. The summed E-state index contributed by atoms with van der Waals surface area (Å²) in [4.78, 5) is 18.8. The number of carboxylic acids is 2. The molecule has 0 aliphatic carbocycles. The Kier molecular flexibility index (Phi) is 9.57. The number of halogens is 1. The monoisotopic (exact) mass is 196 g/mol. The molecular weight excluding hydrogens is 184 g/mol. The van der Waals surface area contributed by atoms with Gasteiger partial charge < -0.3 is 10.2 Å². The van der Waals surface area contributed by atoms with Gasteiger partial charge in [-0.2, -0.15) is 0 Å². The molecule has 0 rings (SSSR count). The Hall–Kier alpha value is -0.770. The van der Waals surface area contributed by atoms with Gasteiger partial charge in [-0.1, -0.05) is 0 Å². The van der Waals surface area contributed by atoms with Crippen LogP contribution in [0.5, 0.6) is 0 Å². The Balaban J connectivity index is 0. The van der Waals surface area contributed by atoms with Crippen molar-refractivity contribution in [1.29, 1.82) is 0 Å². The lowest BCUT2D eigenvalue weighted by Gasteiger charge is -1.95. The molecule has 0 aliphatic heterocycles. The van der Waals surface area contributed by atoms with Crippen molar-refractivity contribution < 1.29 is 19.8 Å². The van der Waals surface area contributed by atoms with Gasteiger partial charge in [0.2, 0.25) is 0 Å². The number of hydrogen-bond acceptors (Lipinski definition) is 2. The van der Waals surface area contributed by atoms with Crippen LogP contribution in [0.2, 0.25) is 0 Å². The van der Waals surface area contributed by atoms with E-state index in [4.69, 9.17) is 26.6 Å². The molecule has 12 heavy (non-hydrogen) atoms. The first-order chi connectivity index (χ1) is 5.36. The molecule has 0 saturated carbocycles. The average Bonchev–Trinajstić information content (AvgIpc) is 1.82. The van der Waals surface area contributed by atoms with E-state index in [-0.39, 0.29) is 11.8 Å². The van der Waals surface area contributed by atoms with E-state index in [1.165, 1.54) is 0 Å². The fraction of sp³-hybridized carbons (Fsp3) is 0.714. The van der Waals surface area contributed by atoms with Gasteiger partial charge in [0.15, 0.2) is 0 Å². The standard InChI is InChI=1S/C5H9ClO2.C2H4O2/c1-4(6)2-3-5(7)8;1-2(3)4/h4H,2-3H2,1H3,(H,7,8);1H3,(H,3,4). The Morgan fingerprint density at radius 1 is 1.42 bits per heavy atom. The van der Waals surface area contributed by atoms with Crippen molar-refractivity contribution in [2.24, 2.45) is 0 Å². The summed E-state index contributed by atoms with van der Waals surface area (Å²) in [5.41, 5.74) is 0. The van der Waals surface area contributed by atoms with Crippen LogP contribution in [-0.2, 0) is 9.59 Å². The molecule has 0 radical (unpaired) electrons. The number of rotatable bonds is 3. The van der Waals surface area contributed by atoms with Crippen molar-refractivity contribution in [3.05, 3.63) is 0 Å². The summed E-state index contributed by atoms with van der Waals surface area (Å²) in [6.07, 6.45) is 0.724. The maximum Gasteiger partial charge on any atom is 0.303 e. The lowest BCUT2D eigenvalue weighted by Crippen LogP contribution is -1.98. The summed E-state index contributed by atoms with van der Waals surface area (Å²) in [6, 6.07) is 0. The first-order valence-electron chi connectivity index (χ1n) is 3.41. The predicted molar refractivity (Wildman–Crippen MR) is 45.5 cm³/mol. The molecule has 5 heteroatoms. The molecular formula is C7H13ClO4. The van der Waals surface area contributed by atoms with Gasteiger partial charge in [-0.25, -0.2) is 0 Å². The van der Waals surface area contributed by atoms with Crippen LogP contribution in [0.3, 0.4) is 0 Å². The second kappa shape index (κ2) is 8.33. The minimum atomic E-state index is -0.833. The molecule has 1 unspecified atom stereocenters. The third kappa shape index (κ3) is 34.9. The minimum absolute atomic E-state index is 0.0221. The lowest BCUT2D eigenvalue weighted by molar-refractivity contribution is -0.137. The molecule has 0 aliphatic rings. The normalized spacial score (nSPS) is 10.9. The van der Waals surface area contributed by atoms with E-state index in [2.05, 4.69) is 0 Å². The van der Waals surface area contributed by atoms with Gasteiger partial charge in [0.05, 0.1) is 0 Å². The highest BCUT2D eigenvalue weighted by atomic mass is 35.5. The Morgan fingerprint density at radius 3 is 1.83 bits per heavy atom. The second-order valence-corrected chi connectivity index (χ2v) is 2.98. The van der Waals surface area contributed by atoms with Crippen LogP contribution in [0.25, 0.3) is 0 Å². The predicted octanol–water partition coefficient (Wildman–Crippen LogP) is 1.57. The number of hydrogen-bond donors (Lipinski definition) is 2. The number of aliphatic carboxylic acids is 2. The SMILES string of the molecule is CC(=O)O.CC(Cl)CCC(=O)O.